The zero-order valence-electron chi connectivity index (χ0n) is 14.1. The lowest BCUT2D eigenvalue weighted by Gasteiger charge is -2.21. The van der Waals surface area contributed by atoms with Gasteiger partial charge in [0.15, 0.2) is 0 Å². The van der Waals surface area contributed by atoms with E-state index in [1.54, 1.807) is 12.1 Å². The van der Waals surface area contributed by atoms with Crippen molar-refractivity contribution in [3.05, 3.63) is 65.7 Å². The number of hydrogen-bond donors (Lipinski definition) is 1. The van der Waals surface area contributed by atoms with Gasteiger partial charge in [-0.25, -0.2) is 0 Å². The van der Waals surface area contributed by atoms with Crippen molar-refractivity contribution in [3.63, 3.8) is 0 Å². The maximum Gasteiger partial charge on any atom is 0.251 e. The molecule has 2 rings (SSSR count). The third-order valence-electron chi connectivity index (χ3n) is 3.64. The molecule has 2 aromatic rings. The van der Waals surface area contributed by atoms with E-state index in [9.17, 15) is 4.79 Å². The Morgan fingerprint density at radius 2 is 1.70 bits per heavy atom. The summed E-state index contributed by atoms with van der Waals surface area (Å²) in [5.74, 6) is 1.23. The average molecular weight is 311 g/mol. The number of benzene rings is 2. The third-order valence-corrected chi connectivity index (χ3v) is 3.64. The minimum atomic E-state index is -0.0532. The van der Waals surface area contributed by atoms with E-state index in [0.29, 0.717) is 18.1 Å². The first-order chi connectivity index (χ1) is 11.1. The van der Waals surface area contributed by atoms with Crippen LogP contribution in [0.5, 0.6) is 5.75 Å². The van der Waals surface area contributed by atoms with Crippen molar-refractivity contribution in [2.45, 2.75) is 33.2 Å². The van der Waals surface area contributed by atoms with Gasteiger partial charge in [-0.15, -0.1) is 0 Å². The van der Waals surface area contributed by atoms with Crippen molar-refractivity contribution < 1.29 is 9.53 Å². The summed E-state index contributed by atoms with van der Waals surface area (Å²) >= 11 is 0. The van der Waals surface area contributed by atoms with Crippen LogP contribution in [0.15, 0.2) is 54.6 Å². The van der Waals surface area contributed by atoms with E-state index in [4.69, 9.17) is 4.74 Å². The minimum absolute atomic E-state index is 0.0234. The number of carbonyl (C=O) groups excluding carboxylic acids is 1. The molecule has 122 valence electrons. The molecular weight excluding hydrogens is 286 g/mol. The number of rotatable bonds is 7. The Kier molecular flexibility index (Phi) is 6.21. The monoisotopic (exact) mass is 311 g/mol. The van der Waals surface area contributed by atoms with E-state index in [-0.39, 0.29) is 11.9 Å². The summed E-state index contributed by atoms with van der Waals surface area (Å²) in [6.45, 7) is 6.89. The van der Waals surface area contributed by atoms with Gasteiger partial charge in [0.1, 0.15) is 5.75 Å². The van der Waals surface area contributed by atoms with Crippen LogP contribution in [0, 0.1) is 5.92 Å². The van der Waals surface area contributed by atoms with Crippen LogP contribution in [0.25, 0.3) is 0 Å². The lowest BCUT2D eigenvalue weighted by atomic mass is 9.96. The molecule has 1 atom stereocenters. The van der Waals surface area contributed by atoms with Crippen LogP contribution < -0.4 is 10.1 Å². The Balaban J connectivity index is 2.10. The molecule has 23 heavy (non-hydrogen) atoms. The van der Waals surface area contributed by atoms with Crippen LogP contribution in [0.1, 0.15) is 49.2 Å². The molecule has 3 heteroatoms. The molecule has 2 aromatic carbocycles. The van der Waals surface area contributed by atoms with Crippen LogP contribution >= 0.6 is 0 Å². The van der Waals surface area contributed by atoms with E-state index < -0.39 is 0 Å². The SMILES string of the molecule is CCOc1ccc(C(=O)N[C@@H](CC(C)C)c2ccccc2)cc1. The summed E-state index contributed by atoms with van der Waals surface area (Å²) in [4.78, 5) is 12.5. The van der Waals surface area contributed by atoms with Crippen molar-refractivity contribution in [1.29, 1.82) is 0 Å². The van der Waals surface area contributed by atoms with Crippen molar-refractivity contribution >= 4 is 5.91 Å². The zero-order chi connectivity index (χ0) is 16.7. The quantitative estimate of drug-likeness (QED) is 0.811. The molecule has 0 spiro atoms. The molecule has 0 saturated carbocycles. The molecule has 0 aliphatic heterocycles. The lowest BCUT2D eigenvalue weighted by molar-refractivity contribution is 0.0932. The van der Waals surface area contributed by atoms with E-state index in [2.05, 4.69) is 31.3 Å². The second-order valence-electron chi connectivity index (χ2n) is 6.02. The van der Waals surface area contributed by atoms with E-state index in [0.717, 1.165) is 17.7 Å². The molecule has 3 nitrogen and oxygen atoms in total. The van der Waals surface area contributed by atoms with E-state index >= 15 is 0 Å². The molecule has 1 N–H and O–H groups in total. The molecule has 0 unspecified atom stereocenters. The Labute approximate surface area is 138 Å². The van der Waals surface area contributed by atoms with Crippen molar-refractivity contribution in [2.75, 3.05) is 6.61 Å². The van der Waals surface area contributed by atoms with Crippen LogP contribution in [-0.2, 0) is 0 Å². The molecule has 0 bridgehead atoms. The standard InChI is InChI=1S/C20H25NO2/c1-4-23-18-12-10-17(11-13-18)20(22)21-19(14-15(2)3)16-8-6-5-7-9-16/h5-13,15,19H,4,14H2,1-3H3,(H,21,22)/t19-/m0/s1. The Morgan fingerprint density at radius 1 is 1.04 bits per heavy atom. The Hall–Kier alpha value is -2.29. The van der Waals surface area contributed by atoms with Crippen molar-refractivity contribution in [1.82, 2.24) is 5.32 Å². The number of amides is 1. The first kappa shape index (κ1) is 17.1. The largest absolute Gasteiger partial charge is 0.494 e. The van der Waals surface area contributed by atoms with Gasteiger partial charge >= 0.3 is 0 Å². The number of ether oxygens (including phenoxy) is 1. The lowest BCUT2D eigenvalue weighted by Crippen LogP contribution is -2.29. The van der Waals surface area contributed by atoms with Gasteiger partial charge in [-0.05, 0) is 49.1 Å². The summed E-state index contributed by atoms with van der Waals surface area (Å²) < 4.78 is 5.41. The first-order valence-corrected chi connectivity index (χ1v) is 8.18. The second-order valence-corrected chi connectivity index (χ2v) is 6.02. The third kappa shape index (κ3) is 5.13. The smallest absolute Gasteiger partial charge is 0.251 e. The van der Waals surface area contributed by atoms with Gasteiger partial charge < -0.3 is 10.1 Å². The molecule has 1 amide bonds. The highest BCUT2D eigenvalue weighted by molar-refractivity contribution is 5.94. The van der Waals surface area contributed by atoms with Gasteiger partial charge in [0.25, 0.3) is 5.91 Å². The number of hydrogen-bond acceptors (Lipinski definition) is 2. The fourth-order valence-corrected chi connectivity index (χ4v) is 2.55. The average Bonchev–Trinajstić information content (AvgIpc) is 2.55. The van der Waals surface area contributed by atoms with Gasteiger partial charge in [0, 0.05) is 5.56 Å². The second kappa shape index (κ2) is 8.37. The van der Waals surface area contributed by atoms with Gasteiger partial charge in [0.05, 0.1) is 12.6 Å². The van der Waals surface area contributed by atoms with E-state index in [1.165, 1.54) is 0 Å². The topological polar surface area (TPSA) is 38.3 Å². The fraction of sp³-hybridized carbons (Fsp3) is 0.350. The minimum Gasteiger partial charge on any atom is -0.494 e. The highest BCUT2D eigenvalue weighted by Crippen LogP contribution is 2.22. The zero-order valence-corrected chi connectivity index (χ0v) is 14.1. The predicted molar refractivity (Wildman–Crippen MR) is 93.7 cm³/mol. The molecule has 0 aliphatic rings. The van der Waals surface area contributed by atoms with Gasteiger partial charge in [-0.2, -0.15) is 0 Å². The Bertz CT molecular complexity index is 605. The summed E-state index contributed by atoms with van der Waals surface area (Å²) in [7, 11) is 0. The van der Waals surface area contributed by atoms with Crippen LogP contribution in [0.2, 0.25) is 0 Å². The van der Waals surface area contributed by atoms with Crippen LogP contribution in [0.3, 0.4) is 0 Å². The molecule has 0 aliphatic carbocycles. The summed E-state index contributed by atoms with van der Waals surface area (Å²) in [6.07, 6.45) is 0.910. The highest BCUT2D eigenvalue weighted by atomic mass is 16.5. The normalized spacial score (nSPS) is 12.0. The van der Waals surface area contributed by atoms with Gasteiger partial charge in [-0.3, -0.25) is 4.79 Å². The van der Waals surface area contributed by atoms with Crippen LogP contribution in [-0.4, -0.2) is 12.5 Å². The van der Waals surface area contributed by atoms with Crippen molar-refractivity contribution in [2.24, 2.45) is 5.92 Å². The molecule has 0 saturated heterocycles. The molecule has 0 aromatic heterocycles. The van der Waals surface area contributed by atoms with Crippen molar-refractivity contribution in [3.8, 4) is 5.75 Å². The van der Waals surface area contributed by atoms with E-state index in [1.807, 2.05) is 37.3 Å². The molecule has 0 heterocycles. The molecule has 0 radical (unpaired) electrons. The predicted octanol–water partition coefficient (Wildman–Crippen LogP) is 4.60. The molecule has 0 fully saturated rings. The fourth-order valence-electron chi connectivity index (χ4n) is 2.55. The first-order valence-electron chi connectivity index (χ1n) is 8.18. The maximum absolute atomic E-state index is 12.5. The summed E-state index contributed by atoms with van der Waals surface area (Å²) in [5, 5.41) is 3.15. The highest BCUT2D eigenvalue weighted by Gasteiger charge is 2.17. The summed E-state index contributed by atoms with van der Waals surface area (Å²) in [5.41, 5.74) is 1.79. The van der Waals surface area contributed by atoms with Gasteiger partial charge in [0.2, 0.25) is 0 Å². The maximum atomic E-state index is 12.5. The van der Waals surface area contributed by atoms with Gasteiger partial charge in [-0.1, -0.05) is 44.2 Å². The number of nitrogens with one attached hydrogen (secondary N) is 1. The Morgan fingerprint density at radius 3 is 2.26 bits per heavy atom. The molecular formula is C20H25NO2. The summed E-state index contributed by atoms with van der Waals surface area (Å²) in [6, 6.07) is 17.4. The van der Waals surface area contributed by atoms with Crippen LogP contribution in [0.4, 0.5) is 0 Å². The number of carbonyl (C=O) groups is 1.